The molecule has 0 bridgehead atoms. The van der Waals surface area contributed by atoms with Gasteiger partial charge in [-0.3, -0.25) is 0 Å². The molecule has 1 rings (SSSR count). The van der Waals surface area contributed by atoms with Crippen LogP contribution in [0.2, 0.25) is 0 Å². The Morgan fingerprint density at radius 1 is 1.62 bits per heavy atom. The van der Waals surface area contributed by atoms with Gasteiger partial charge in [0.15, 0.2) is 0 Å². The van der Waals surface area contributed by atoms with Gasteiger partial charge in [-0.15, -0.1) is 0 Å². The summed E-state index contributed by atoms with van der Waals surface area (Å²) in [6.45, 7) is 2.93. The molecule has 0 fully saturated rings. The maximum atomic E-state index is 10.7. The summed E-state index contributed by atoms with van der Waals surface area (Å²) in [4.78, 5) is 10.7. The number of nitrogens with zero attached hydrogens (tertiary/aromatic N) is 2. The molecule has 0 aliphatic heterocycles. The highest BCUT2D eigenvalue weighted by Gasteiger charge is 2.02. The maximum absolute atomic E-state index is 10.7. The molecule has 0 aliphatic carbocycles. The Balaban J connectivity index is 2.34. The summed E-state index contributed by atoms with van der Waals surface area (Å²) < 4.78 is 0. The van der Waals surface area contributed by atoms with Crippen molar-refractivity contribution in [2.24, 2.45) is 0 Å². The van der Waals surface area contributed by atoms with Crippen LogP contribution in [0.25, 0.3) is 0 Å². The fourth-order valence-electron chi connectivity index (χ4n) is 1.21. The third kappa shape index (κ3) is 4.18. The summed E-state index contributed by atoms with van der Waals surface area (Å²) >= 11 is 0. The van der Waals surface area contributed by atoms with Gasteiger partial charge < -0.3 is 10.4 Å². The van der Waals surface area contributed by atoms with E-state index in [1.54, 1.807) is 12.3 Å². The zero-order chi connectivity index (χ0) is 11.8. The van der Waals surface area contributed by atoms with E-state index in [-0.39, 0.29) is 0 Å². The van der Waals surface area contributed by atoms with Gasteiger partial charge in [-0.05, 0) is 18.6 Å². The van der Waals surface area contributed by atoms with Gasteiger partial charge in [0.05, 0.1) is 5.69 Å². The number of carboxylic acid groups (broad SMARTS) is 1. The number of nitrogens with one attached hydrogen (secondary N) is 1. The van der Waals surface area contributed by atoms with Crippen LogP contribution in [0.3, 0.4) is 0 Å². The van der Waals surface area contributed by atoms with Crippen LogP contribution in [0.1, 0.15) is 19.0 Å². The third-order valence-electron chi connectivity index (χ3n) is 2.08. The largest absolute Gasteiger partial charge is 0.478 e. The molecular formula is C11H15N3O2. The quantitative estimate of drug-likeness (QED) is 0.553. The Hall–Kier alpha value is -1.75. The Labute approximate surface area is 94.2 Å². The predicted molar refractivity (Wildman–Crippen MR) is 59.7 cm³/mol. The van der Waals surface area contributed by atoms with Gasteiger partial charge in [-0.25, -0.2) is 4.79 Å². The van der Waals surface area contributed by atoms with Crippen LogP contribution in [0.5, 0.6) is 0 Å². The van der Waals surface area contributed by atoms with Crippen molar-refractivity contribution >= 4 is 5.97 Å². The van der Waals surface area contributed by atoms with E-state index in [1.807, 2.05) is 19.1 Å². The predicted octanol–water partition coefficient (Wildman–Crippen LogP) is 0.987. The standard InChI is InChI=1S/C11H15N3O2/c1-2-9(11(15)16)5-7-12-8-10-4-3-6-13-14-10/h3-6,12H,2,7-8H2,1H3,(H,15,16)/b9-5-. The van der Waals surface area contributed by atoms with Crippen molar-refractivity contribution in [1.82, 2.24) is 15.5 Å². The molecule has 0 amide bonds. The topological polar surface area (TPSA) is 75.1 Å². The van der Waals surface area contributed by atoms with E-state index in [0.29, 0.717) is 25.1 Å². The first-order valence-electron chi connectivity index (χ1n) is 5.13. The van der Waals surface area contributed by atoms with Crippen LogP contribution >= 0.6 is 0 Å². The third-order valence-corrected chi connectivity index (χ3v) is 2.08. The van der Waals surface area contributed by atoms with Gasteiger partial charge >= 0.3 is 5.97 Å². The summed E-state index contributed by atoms with van der Waals surface area (Å²) in [5.41, 5.74) is 1.26. The van der Waals surface area contributed by atoms with E-state index in [1.165, 1.54) is 0 Å². The first-order chi connectivity index (χ1) is 7.74. The number of carbonyl (C=O) groups is 1. The average Bonchev–Trinajstić information content (AvgIpc) is 2.30. The molecule has 1 aromatic rings. The lowest BCUT2D eigenvalue weighted by atomic mass is 10.2. The molecule has 0 unspecified atom stereocenters. The maximum Gasteiger partial charge on any atom is 0.331 e. The highest BCUT2D eigenvalue weighted by Crippen LogP contribution is 1.99. The number of hydrogen-bond donors (Lipinski definition) is 2. The Kier molecular flexibility index (Phi) is 5.15. The van der Waals surface area contributed by atoms with Crippen molar-refractivity contribution in [2.75, 3.05) is 6.54 Å². The fourth-order valence-corrected chi connectivity index (χ4v) is 1.21. The minimum Gasteiger partial charge on any atom is -0.478 e. The molecule has 5 heteroatoms. The van der Waals surface area contributed by atoms with Crippen molar-refractivity contribution in [2.45, 2.75) is 19.9 Å². The first kappa shape index (κ1) is 12.3. The SMILES string of the molecule is CC/C(=C/CNCc1cccnn1)C(=O)O. The summed E-state index contributed by atoms with van der Waals surface area (Å²) in [7, 11) is 0. The molecule has 1 aromatic heterocycles. The number of carboxylic acids is 1. The lowest BCUT2D eigenvalue weighted by Gasteiger charge is -2.01. The summed E-state index contributed by atoms with van der Waals surface area (Å²) in [5, 5.41) is 19.5. The number of aromatic nitrogens is 2. The van der Waals surface area contributed by atoms with Crippen LogP contribution in [-0.4, -0.2) is 27.8 Å². The first-order valence-corrected chi connectivity index (χ1v) is 5.13. The molecule has 0 atom stereocenters. The molecular weight excluding hydrogens is 206 g/mol. The molecule has 86 valence electrons. The van der Waals surface area contributed by atoms with Crippen LogP contribution in [0.15, 0.2) is 30.0 Å². The van der Waals surface area contributed by atoms with Crippen LogP contribution in [-0.2, 0) is 11.3 Å². The van der Waals surface area contributed by atoms with Crippen LogP contribution < -0.4 is 5.32 Å². The van der Waals surface area contributed by atoms with E-state index >= 15 is 0 Å². The van der Waals surface area contributed by atoms with Crippen LogP contribution in [0, 0.1) is 0 Å². The highest BCUT2D eigenvalue weighted by molar-refractivity contribution is 5.86. The number of aliphatic carboxylic acids is 1. The molecule has 0 saturated heterocycles. The second-order valence-electron chi connectivity index (χ2n) is 3.23. The zero-order valence-electron chi connectivity index (χ0n) is 9.18. The van der Waals surface area contributed by atoms with Gasteiger partial charge in [-0.2, -0.15) is 10.2 Å². The lowest BCUT2D eigenvalue weighted by Crippen LogP contribution is -2.15. The molecule has 0 spiro atoms. The average molecular weight is 221 g/mol. The Morgan fingerprint density at radius 2 is 2.44 bits per heavy atom. The number of hydrogen-bond acceptors (Lipinski definition) is 4. The van der Waals surface area contributed by atoms with Crippen LogP contribution in [0.4, 0.5) is 0 Å². The second kappa shape index (κ2) is 6.68. The van der Waals surface area contributed by atoms with Gasteiger partial charge in [0.1, 0.15) is 0 Å². The minimum atomic E-state index is -0.858. The molecule has 0 aromatic carbocycles. The van der Waals surface area contributed by atoms with Crippen molar-refractivity contribution in [3.8, 4) is 0 Å². The Morgan fingerprint density at radius 3 is 3.00 bits per heavy atom. The van der Waals surface area contributed by atoms with Crippen molar-refractivity contribution in [3.05, 3.63) is 35.7 Å². The van der Waals surface area contributed by atoms with E-state index in [0.717, 1.165) is 5.69 Å². The molecule has 0 saturated carbocycles. The van der Waals surface area contributed by atoms with Gasteiger partial charge in [-0.1, -0.05) is 13.0 Å². The number of rotatable bonds is 6. The lowest BCUT2D eigenvalue weighted by molar-refractivity contribution is -0.132. The second-order valence-corrected chi connectivity index (χ2v) is 3.23. The molecule has 0 aliphatic rings. The summed E-state index contributed by atoms with van der Waals surface area (Å²) in [5.74, 6) is -0.858. The fraction of sp³-hybridized carbons (Fsp3) is 0.364. The van der Waals surface area contributed by atoms with E-state index in [4.69, 9.17) is 5.11 Å². The van der Waals surface area contributed by atoms with E-state index in [2.05, 4.69) is 15.5 Å². The minimum absolute atomic E-state index is 0.423. The summed E-state index contributed by atoms with van der Waals surface area (Å²) in [6, 6.07) is 3.68. The smallest absolute Gasteiger partial charge is 0.331 e. The van der Waals surface area contributed by atoms with Crippen molar-refractivity contribution in [1.29, 1.82) is 0 Å². The van der Waals surface area contributed by atoms with Gasteiger partial charge in [0.2, 0.25) is 0 Å². The van der Waals surface area contributed by atoms with Crippen molar-refractivity contribution in [3.63, 3.8) is 0 Å². The molecule has 5 nitrogen and oxygen atoms in total. The molecule has 16 heavy (non-hydrogen) atoms. The van der Waals surface area contributed by atoms with Crippen molar-refractivity contribution < 1.29 is 9.90 Å². The monoisotopic (exact) mass is 221 g/mol. The van der Waals surface area contributed by atoms with Gasteiger partial charge in [0.25, 0.3) is 0 Å². The van der Waals surface area contributed by atoms with E-state index in [9.17, 15) is 4.79 Å². The highest BCUT2D eigenvalue weighted by atomic mass is 16.4. The molecule has 0 radical (unpaired) electrons. The van der Waals surface area contributed by atoms with Gasteiger partial charge in [0, 0.05) is 24.9 Å². The molecule has 2 N–H and O–H groups in total. The summed E-state index contributed by atoms with van der Waals surface area (Å²) in [6.07, 6.45) is 3.82. The Bertz CT molecular complexity index is 363. The molecule has 1 heterocycles. The normalized spacial score (nSPS) is 11.4. The van der Waals surface area contributed by atoms with E-state index < -0.39 is 5.97 Å². The zero-order valence-corrected chi connectivity index (χ0v) is 9.18.